The maximum Gasteiger partial charge on any atom is 0.418 e. The summed E-state index contributed by atoms with van der Waals surface area (Å²) < 4.78 is 42.4. The lowest BCUT2D eigenvalue weighted by Gasteiger charge is -2.15. The van der Waals surface area contributed by atoms with Crippen LogP contribution in [0.4, 0.5) is 13.2 Å². The van der Waals surface area contributed by atoms with Crippen LogP contribution in [0.15, 0.2) is 84.9 Å². The second-order valence-corrected chi connectivity index (χ2v) is 7.25. The molecule has 162 valence electrons. The van der Waals surface area contributed by atoms with E-state index in [9.17, 15) is 23.1 Å². The smallest absolute Gasteiger partial charge is 0.418 e. The Kier molecular flexibility index (Phi) is 5.81. The summed E-state index contributed by atoms with van der Waals surface area (Å²) in [5.74, 6) is -1.23. The minimum Gasteiger partial charge on any atom is -0.478 e. The van der Waals surface area contributed by atoms with Crippen molar-refractivity contribution < 1.29 is 23.1 Å². The molecule has 4 aromatic rings. The van der Waals surface area contributed by atoms with Crippen molar-refractivity contribution in [1.29, 1.82) is 0 Å². The molecule has 7 heteroatoms. The van der Waals surface area contributed by atoms with Gasteiger partial charge in [0, 0.05) is 5.56 Å². The van der Waals surface area contributed by atoms with Crippen LogP contribution in [-0.2, 0) is 19.0 Å². The summed E-state index contributed by atoms with van der Waals surface area (Å²) in [4.78, 5) is 12.3. The summed E-state index contributed by atoms with van der Waals surface area (Å²) in [5, 5.41) is 14.4. The van der Waals surface area contributed by atoms with Crippen molar-refractivity contribution in [1.82, 2.24) is 9.78 Å². The van der Waals surface area contributed by atoms with Crippen molar-refractivity contribution >= 4 is 5.97 Å². The van der Waals surface area contributed by atoms with Gasteiger partial charge >= 0.3 is 12.1 Å². The van der Waals surface area contributed by atoms with Gasteiger partial charge in [-0.15, -0.1) is 0 Å². The van der Waals surface area contributed by atoms with Gasteiger partial charge in [0.15, 0.2) is 0 Å². The Morgan fingerprint density at radius 3 is 2.06 bits per heavy atom. The fourth-order valence-electron chi connectivity index (χ4n) is 3.71. The van der Waals surface area contributed by atoms with Gasteiger partial charge in [0.25, 0.3) is 0 Å². The SMILES string of the molecule is O=C(O)c1c(CCc2ccccc2)nn(-c2ccccc2C(F)(F)F)c1-c1ccccc1. The number of nitrogens with zero attached hydrogens (tertiary/aromatic N) is 2. The second kappa shape index (κ2) is 8.70. The summed E-state index contributed by atoms with van der Waals surface area (Å²) in [6, 6.07) is 23.0. The number of hydrogen-bond acceptors (Lipinski definition) is 2. The van der Waals surface area contributed by atoms with Gasteiger partial charge in [-0.05, 0) is 30.5 Å². The Bertz CT molecular complexity index is 1230. The van der Waals surface area contributed by atoms with E-state index in [1.54, 1.807) is 30.3 Å². The molecule has 0 aliphatic carbocycles. The molecule has 0 unspecified atom stereocenters. The van der Waals surface area contributed by atoms with Crippen LogP contribution in [0, 0.1) is 0 Å². The maximum atomic E-state index is 13.7. The molecule has 0 amide bonds. The molecule has 4 nitrogen and oxygen atoms in total. The minimum atomic E-state index is -4.62. The Balaban J connectivity index is 1.93. The van der Waals surface area contributed by atoms with Crippen molar-refractivity contribution in [2.45, 2.75) is 19.0 Å². The van der Waals surface area contributed by atoms with Crippen LogP contribution < -0.4 is 0 Å². The van der Waals surface area contributed by atoms with E-state index in [-0.39, 0.29) is 29.1 Å². The molecule has 1 aromatic heterocycles. The van der Waals surface area contributed by atoms with Gasteiger partial charge in [-0.2, -0.15) is 18.3 Å². The van der Waals surface area contributed by atoms with Crippen LogP contribution in [0.25, 0.3) is 16.9 Å². The number of carboxylic acids is 1. The Labute approximate surface area is 182 Å². The summed E-state index contributed by atoms with van der Waals surface area (Å²) >= 11 is 0. The average Bonchev–Trinajstić information content (AvgIpc) is 3.18. The van der Waals surface area contributed by atoms with Crippen LogP contribution in [0.2, 0.25) is 0 Å². The number of carboxylic acid groups (broad SMARTS) is 1. The Hall–Kier alpha value is -3.87. The summed E-state index contributed by atoms with van der Waals surface area (Å²) in [7, 11) is 0. The molecule has 1 heterocycles. The van der Waals surface area contributed by atoms with Crippen LogP contribution in [0.3, 0.4) is 0 Å². The van der Waals surface area contributed by atoms with Crippen LogP contribution in [0.1, 0.15) is 27.2 Å². The summed E-state index contributed by atoms with van der Waals surface area (Å²) in [5.41, 5.74) is 0.619. The number of carbonyl (C=O) groups is 1. The molecule has 32 heavy (non-hydrogen) atoms. The number of para-hydroxylation sites is 1. The van der Waals surface area contributed by atoms with Gasteiger partial charge in [0.05, 0.1) is 22.6 Å². The molecule has 4 rings (SSSR count). The molecule has 0 bridgehead atoms. The maximum absolute atomic E-state index is 13.7. The first-order chi connectivity index (χ1) is 15.4. The van der Waals surface area contributed by atoms with Crippen LogP contribution >= 0.6 is 0 Å². The number of aromatic nitrogens is 2. The highest BCUT2D eigenvalue weighted by Crippen LogP contribution is 2.37. The topological polar surface area (TPSA) is 55.1 Å². The zero-order chi connectivity index (χ0) is 22.7. The van der Waals surface area contributed by atoms with Gasteiger partial charge in [-0.1, -0.05) is 72.8 Å². The minimum absolute atomic E-state index is 0.0934. The highest BCUT2D eigenvalue weighted by Gasteiger charge is 2.35. The molecule has 0 aliphatic rings. The first-order valence-electron chi connectivity index (χ1n) is 9.97. The number of aromatic carboxylic acids is 1. The zero-order valence-corrected chi connectivity index (χ0v) is 16.9. The molecule has 3 aromatic carbocycles. The van der Waals surface area contributed by atoms with E-state index in [1.807, 2.05) is 30.3 Å². The second-order valence-electron chi connectivity index (χ2n) is 7.25. The molecule has 0 spiro atoms. The number of aryl methyl sites for hydroxylation is 2. The third kappa shape index (κ3) is 4.27. The fourth-order valence-corrected chi connectivity index (χ4v) is 3.71. The van der Waals surface area contributed by atoms with E-state index >= 15 is 0 Å². The fraction of sp³-hybridized carbons (Fsp3) is 0.120. The molecule has 0 aliphatic heterocycles. The van der Waals surface area contributed by atoms with E-state index in [1.165, 1.54) is 18.2 Å². The molecule has 0 fully saturated rings. The van der Waals surface area contributed by atoms with Crippen molar-refractivity contribution in [3.63, 3.8) is 0 Å². The number of rotatable bonds is 6. The highest BCUT2D eigenvalue weighted by molar-refractivity contribution is 5.96. The van der Waals surface area contributed by atoms with Crippen LogP contribution in [-0.4, -0.2) is 20.9 Å². The van der Waals surface area contributed by atoms with E-state index < -0.39 is 17.7 Å². The molecule has 0 radical (unpaired) electrons. The standard InChI is InChI=1S/C25H19F3N2O2/c26-25(27,28)19-13-7-8-14-21(19)30-23(18-11-5-2-6-12-18)22(24(31)32)20(29-30)16-15-17-9-3-1-4-10-17/h1-14H,15-16H2,(H,31,32). The molecule has 0 saturated heterocycles. The van der Waals surface area contributed by atoms with Crippen molar-refractivity contribution in [3.8, 4) is 16.9 Å². The number of hydrogen-bond donors (Lipinski definition) is 1. The quantitative estimate of drug-likeness (QED) is 0.401. The number of benzene rings is 3. The van der Waals surface area contributed by atoms with Gasteiger partial charge in [0.1, 0.15) is 5.56 Å². The normalized spacial score (nSPS) is 11.5. The summed E-state index contributed by atoms with van der Waals surface area (Å²) in [6.45, 7) is 0. The van der Waals surface area contributed by atoms with Gasteiger partial charge < -0.3 is 5.11 Å². The van der Waals surface area contributed by atoms with Crippen molar-refractivity contribution in [2.24, 2.45) is 0 Å². The first-order valence-corrected chi connectivity index (χ1v) is 9.97. The highest BCUT2D eigenvalue weighted by atomic mass is 19.4. The lowest BCUT2D eigenvalue weighted by atomic mass is 10.0. The van der Waals surface area contributed by atoms with Gasteiger partial charge in [0.2, 0.25) is 0 Å². The van der Waals surface area contributed by atoms with Crippen molar-refractivity contribution in [2.75, 3.05) is 0 Å². The van der Waals surface area contributed by atoms with Crippen LogP contribution in [0.5, 0.6) is 0 Å². The number of alkyl halides is 3. The predicted octanol–water partition coefficient (Wildman–Crippen LogP) is 6.04. The largest absolute Gasteiger partial charge is 0.478 e. The molecular formula is C25H19F3N2O2. The van der Waals surface area contributed by atoms with E-state index in [2.05, 4.69) is 5.10 Å². The molecule has 0 saturated carbocycles. The van der Waals surface area contributed by atoms with E-state index in [4.69, 9.17) is 0 Å². The lowest BCUT2D eigenvalue weighted by Crippen LogP contribution is -2.12. The third-order valence-corrected chi connectivity index (χ3v) is 5.15. The zero-order valence-electron chi connectivity index (χ0n) is 16.9. The lowest BCUT2D eigenvalue weighted by molar-refractivity contribution is -0.137. The van der Waals surface area contributed by atoms with E-state index in [0.717, 1.165) is 16.3 Å². The van der Waals surface area contributed by atoms with Crippen molar-refractivity contribution in [3.05, 3.63) is 107 Å². The third-order valence-electron chi connectivity index (χ3n) is 5.15. The van der Waals surface area contributed by atoms with E-state index in [0.29, 0.717) is 12.0 Å². The number of halogens is 3. The monoisotopic (exact) mass is 436 g/mol. The van der Waals surface area contributed by atoms with Gasteiger partial charge in [-0.25, -0.2) is 9.48 Å². The molecule has 1 N–H and O–H groups in total. The first kappa shape index (κ1) is 21.4. The Morgan fingerprint density at radius 1 is 0.844 bits per heavy atom. The van der Waals surface area contributed by atoms with Gasteiger partial charge in [-0.3, -0.25) is 0 Å². The summed E-state index contributed by atoms with van der Waals surface area (Å²) in [6.07, 6.45) is -3.84. The predicted molar refractivity (Wildman–Crippen MR) is 115 cm³/mol. The average molecular weight is 436 g/mol. The molecule has 0 atom stereocenters. The Morgan fingerprint density at radius 2 is 1.44 bits per heavy atom. The molecular weight excluding hydrogens is 417 g/mol.